The molecule has 0 heterocycles. The predicted molar refractivity (Wildman–Crippen MR) is 130 cm³/mol. The van der Waals surface area contributed by atoms with Gasteiger partial charge in [0.25, 0.3) is 0 Å². The lowest BCUT2D eigenvalue weighted by molar-refractivity contribution is 0.107. The molecule has 3 aromatic rings. The van der Waals surface area contributed by atoms with E-state index in [1.165, 1.54) is 25.7 Å². The number of nitrogens with one attached hydrogen (secondary N) is 1. The first-order chi connectivity index (χ1) is 16.3. The Labute approximate surface area is 196 Å². The van der Waals surface area contributed by atoms with E-state index in [0.717, 1.165) is 46.6 Å². The Bertz CT molecular complexity index is 1030. The van der Waals surface area contributed by atoms with Crippen molar-refractivity contribution in [3.8, 4) is 11.5 Å². The molecule has 0 bridgehead atoms. The van der Waals surface area contributed by atoms with Crippen LogP contribution >= 0.6 is 0 Å². The maximum Gasteiger partial charge on any atom is 0.165 e. The normalized spacial score (nSPS) is 20.4. The maximum atomic E-state index is 11.2. The van der Waals surface area contributed by atoms with Crippen LogP contribution in [0, 0.1) is 0 Å². The second kappa shape index (κ2) is 10.4. The van der Waals surface area contributed by atoms with Crippen molar-refractivity contribution in [1.82, 2.24) is 5.32 Å². The van der Waals surface area contributed by atoms with Crippen molar-refractivity contribution in [2.24, 2.45) is 0 Å². The fourth-order valence-corrected chi connectivity index (χ4v) is 5.14. The summed E-state index contributed by atoms with van der Waals surface area (Å²) in [6.45, 7) is 0.953. The topological polar surface area (TPSA) is 50.7 Å². The molecule has 2 aliphatic rings. The average molecular weight is 444 g/mol. The smallest absolute Gasteiger partial charge is 0.165 e. The molecule has 0 saturated heterocycles. The Morgan fingerprint density at radius 1 is 0.758 bits per heavy atom. The van der Waals surface area contributed by atoms with Gasteiger partial charge in [-0.15, -0.1) is 0 Å². The van der Waals surface area contributed by atoms with Crippen molar-refractivity contribution in [3.63, 3.8) is 0 Å². The van der Waals surface area contributed by atoms with Crippen LogP contribution in [0.2, 0.25) is 0 Å². The molecule has 0 radical (unpaired) electrons. The number of aliphatic hydroxyl groups excluding tert-OH is 1. The van der Waals surface area contributed by atoms with Gasteiger partial charge in [0.05, 0.1) is 6.10 Å². The van der Waals surface area contributed by atoms with Crippen molar-refractivity contribution >= 4 is 0 Å². The van der Waals surface area contributed by atoms with E-state index in [1.54, 1.807) is 0 Å². The molecule has 0 aromatic heterocycles. The number of aliphatic hydroxyl groups is 1. The van der Waals surface area contributed by atoms with E-state index in [2.05, 4.69) is 29.6 Å². The van der Waals surface area contributed by atoms with E-state index in [4.69, 9.17) is 9.47 Å². The molecule has 5 rings (SSSR count). The van der Waals surface area contributed by atoms with Gasteiger partial charge >= 0.3 is 0 Å². The zero-order chi connectivity index (χ0) is 22.5. The quantitative estimate of drug-likeness (QED) is 0.467. The molecule has 0 spiro atoms. The summed E-state index contributed by atoms with van der Waals surface area (Å²) in [7, 11) is 0. The van der Waals surface area contributed by atoms with Crippen LogP contribution in [-0.2, 0) is 19.6 Å². The Morgan fingerprint density at radius 3 is 2.06 bits per heavy atom. The van der Waals surface area contributed by atoms with Crippen molar-refractivity contribution in [3.05, 3.63) is 95.1 Å². The Balaban J connectivity index is 1.39. The third-order valence-corrected chi connectivity index (χ3v) is 6.93. The third kappa shape index (κ3) is 5.23. The van der Waals surface area contributed by atoms with Gasteiger partial charge in [0.1, 0.15) is 13.2 Å². The second-order valence-corrected chi connectivity index (χ2v) is 9.25. The minimum atomic E-state index is -0.531. The molecule has 4 heteroatoms. The summed E-state index contributed by atoms with van der Waals surface area (Å²) in [5.74, 6) is 1.51. The minimum Gasteiger partial charge on any atom is -0.485 e. The summed E-state index contributed by atoms with van der Waals surface area (Å²) in [4.78, 5) is 0. The van der Waals surface area contributed by atoms with Crippen LogP contribution < -0.4 is 14.8 Å². The van der Waals surface area contributed by atoms with E-state index >= 15 is 0 Å². The van der Waals surface area contributed by atoms with Crippen LogP contribution in [0.25, 0.3) is 0 Å². The molecule has 33 heavy (non-hydrogen) atoms. The average Bonchev–Trinajstić information content (AvgIpc) is 3.38. The monoisotopic (exact) mass is 443 g/mol. The van der Waals surface area contributed by atoms with Gasteiger partial charge in [-0.05, 0) is 48.4 Å². The van der Waals surface area contributed by atoms with Crippen LogP contribution in [0.1, 0.15) is 60.5 Å². The van der Waals surface area contributed by atoms with Crippen molar-refractivity contribution in [1.29, 1.82) is 0 Å². The van der Waals surface area contributed by atoms with Crippen molar-refractivity contribution in [2.75, 3.05) is 0 Å². The highest BCUT2D eigenvalue weighted by Gasteiger charge is 2.33. The Kier molecular flexibility index (Phi) is 6.94. The van der Waals surface area contributed by atoms with Gasteiger partial charge in [-0.3, -0.25) is 0 Å². The highest BCUT2D eigenvalue weighted by molar-refractivity contribution is 5.53. The molecule has 0 amide bonds. The summed E-state index contributed by atoms with van der Waals surface area (Å²) in [6, 6.07) is 25.0. The number of hydrogen-bond acceptors (Lipinski definition) is 4. The van der Waals surface area contributed by atoms with Crippen LogP contribution in [0.5, 0.6) is 11.5 Å². The molecular weight excluding hydrogens is 410 g/mol. The van der Waals surface area contributed by atoms with Gasteiger partial charge in [-0.1, -0.05) is 79.6 Å². The van der Waals surface area contributed by atoms with E-state index in [1.807, 2.05) is 48.5 Å². The molecular formula is C29H33NO3. The molecule has 0 unspecified atom stereocenters. The highest BCUT2D eigenvalue weighted by Crippen LogP contribution is 2.42. The Morgan fingerprint density at radius 2 is 1.39 bits per heavy atom. The molecule has 2 atom stereocenters. The minimum absolute atomic E-state index is 0.0960. The highest BCUT2D eigenvalue weighted by atomic mass is 16.5. The van der Waals surface area contributed by atoms with E-state index < -0.39 is 6.10 Å². The van der Waals surface area contributed by atoms with E-state index in [-0.39, 0.29) is 6.04 Å². The van der Waals surface area contributed by atoms with Gasteiger partial charge in [0, 0.05) is 17.6 Å². The van der Waals surface area contributed by atoms with Gasteiger partial charge in [0.15, 0.2) is 11.5 Å². The molecule has 2 N–H and O–H groups in total. The van der Waals surface area contributed by atoms with Gasteiger partial charge in [0.2, 0.25) is 0 Å². The van der Waals surface area contributed by atoms with Gasteiger partial charge in [-0.25, -0.2) is 0 Å². The largest absolute Gasteiger partial charge is 0.485 e. The summed E-state index contributed by atoms with van der Waals surface area (Å²) < 4.78 is 12.6. The molecule has 3 aromatic carbocycles. The van der Waals surface area contributed by atoms with Crippen molar-refractivity contribution < 1.29 is 14.6 Å². The fourth-order valence-electron chi connectivity index (χ4n) is 5.14. The first-order valence-electron chi connectivity index (χ1n) is 12.2. The maximum absolute atomic E-state index is 11.2. The van der Waals surface area contributed by atoms with Crippen LogP contribution in [0.4, 0.5) is 0 Å². The van der Waals surface area contributed by atoms with Crippen LogP contribution in [0.15, 0.2) is 72.8 Å². The van der Waals surface area contributed by atoms with Gasteiger partial charge < -0.3 is 19.9 Å². The predicted octanol–water partition coefficient (Wildman–Crippen LogP) is 5.73. The molecule has 172 valence electrons. The molecule has 1 fully saturated rings. The lowest BCUT2D eigenvalue weighted by Crippen LogP contribution is -2.43. The number of fused-ring (bicyclic) bond motifs is 1. The lowest BCUT2D eigenvalue weighted by Gasteiger charge is -2.34. The summed E-state index contributed by atoms with van der Waals surface area (Å²) in [5.41, 5.74) is 4.27. The molecule has 2 aliphatic carbocycles. The number of ether oxygens (including phenoxy) is 2. The standard InChI is InChI=1S/C29H33NO3/c31-28-24-16-18-27(32-19-21-9-3-1-4-10-21)29(33-20-22-11-5-2-6-12-22)25(24)15-17-26(28)30-23-13-7-8-14-23/h1-6,9-12,16,18,23,26,28,30-31H,7-8,13-15,17,19-20H2/t26-,28-/m0/s1. The first-order valence-corrected chi connectivity index (χ1v) is 12.2. The van der Waals surface area contributed by atoms with Crippen molar-refractivity contribution in [2.45, 2.75) is 69.9 Å². The van der Waals surface area contributed by atoms with Gasteiger partial charge in [-0.2, -0.15) is 0 Å². The summed E-state index contributed by atoms with van der Waals surface area (Å²) in [5, 5.41) is 15.0. The molecule has 4 nitrogen and oxygen atoms in total. The first kappa shape index (κ1) is 22.0. The third-order valence-electron chi connectivity index (χ3n) is 6.93. The Hall–Kier alpha value is -2.82. The molecule has 1 saturated carbocycles. The number of rotatable bonds is 8. The summed E-state index contributed by atoms with van der Waals surface area (Å²) >= 11 is 0. The van der Waals surface area contributed by atoms with E-state index in [0.29, 0.717) is 19.3 Å². The lowest BCUT2D eigenvalue weighted by atomic mass is 9.84. The zero-order valence-corrected chi connectivity index (χ0v) is 19.1. The zero-order valence-electron chi connectivity index (χ0n) is 19.1. The summed E-state index contributed by atoms with van der Waals surface area (Å²) in [6.07, 6.45) is 6.24. The van der Waals surface area contributed by atoms with Crippen LogP contribution in [0.3, 0.4) is 0 Å². The number of benzene rings is 3. The SMILES string of the molecule is O[C@H]1c2ccc(OCc3ccccc3)c(OCc3ccccc3)c2CC[C@@H]1NC1CCCC1. The molecule has 0 aliphatic heterocycles. The fraction of sp³-hybridized carbons (Fsp3) is 0.379. The second-order valence-electron chi connectivity index (χ2n) is 9.25. The van der Waals surface area contributed by atoms with Crippen LogP contribution in [-0.4, -0.2) is 17.2 Å². The number of hydrogen-bond donors (Lipinski definition) is 2. The van der Waals surface area contributed by atoms with E-state index in [9.17, 15) is 5.11 Å².